The first-order valence-corrected chi connectivity index (χ1v) is 9.18. The third-order valence-electron chi connectivity index (χ3n) is 5.92. The average Bonchev–Trinajstić information content (AvgIpc) is 3.18. The summed E-state index contributed by atoms with van der Waals surface area (Å²) < 4.78 is 0. The van der Waals surface area contributed by atoms with Crippen molar-refractivity contribution in [1.29, 1.82) is 0 Å². The summed E-state index contributed by atoms with van der Waals surface area (Å²) in [7, 11) is 0. The highest BCUT2D eigenvalue weighted by Crippen LogP contribution is 2.45. The largest absolute Gasteiger partial charge is 0.354 e. The van der Waals surface area contributed by atoms with Crippen LogP contribution in [0.5, 0.6) is 0 Å². The van der Waals surface area contributed by atoms with Crippen molar-refractivity contribution in [3.05, 3.63) is 70.3 Å². The molecule has 0 spiro atoms. The number of hydrogen-bond donors (Lipinski definition) is 2. The Kier molecular flexibility index (Phi) is 2.65. The van der Waals surface area contributed by atoms with Crippen LogP contribution in [0.2, 0.25) is 0 Å². The monoisotopic (exact) mass is 352 g/mol. The van der Waals surface area contributed by atoms with Crippen molar-refractivity contribution in [3.8, 4) is 11.1 Å². The summed E-state index contributed by atoms with van der Waals surface area (Å²) in [6.07, 6.45) is 1.64. The lowest BCUT2D eigenvalue weighted by Crippen LogP contribution is -2.20. The molecule has 2 heterocycles. The van der Waals surface area contributed by atoms with E-state index in [1.165, 1.54) is 5.56 Å². The normalized spacial score (nSPS) is 15.0. The van der Waals surface area contributed by atoms with E-state index in [4.69, 9.17) is 0 Å². The molecule has 0 radical (unpaired) electrons. The third-order valence-corrected chi connectivity index (χ3v) is 5.92. The molecule has 0 saturated heterocycles. The van der Waals surface area contributed by atoms with Crippen molar-refractivity contribution in [2.24, 2.45) is 0 Å². The second-order valence-electron chi connectivity index (χ2n) is 7.47. The quantitative estimate of drug-likeness (QED) is 0.464. The van der Waals surface area contributed by atoms with Crippen LogP contribution in [0.4, 0.5) is 0 Å². The summed E-state index contributed by atoms with van der Waals surface area (Å²) in [4.78, 5) is 28.9. The van der Waals surface area contributed by atoms with E-state index in [9.17, 15) is 9.59 Å². The first kappa shape index (κ1) is 14.7. The van der Waals surface area contributed by atoms with E-state index in [1.807, 2.05) is 19.1 Å². The lowest BCUT2D eigenvalue weighted by Gasteiger charge is -2.22. The molecule has 2 amide bonds. The number of carbonyl (C=O) groups is 2. The Balaban J connectivity index is 1.91. The van der Waals surface area contributed by atoms with Gasteiger partial charge in [0.25, 0.3) is 11.8 Å². The average molecular weight is 352 g/mol. The SMILES string of the molecule is Cc1ccc2[nH]c3c4c(c5c(c3c2c1)C(=O)NC5=O)CCc1ccccc1-4. The Hall–Kier alpha value is -3.40. The van der Waals surface area contributed by atoms with Gasteiger partial charge in [0.2, 0.25) is 0 Å². The molecule has 2 aliphatic rings. The Morgan fingerprint density at radius 2 is 1.70 bits per heavy atom. The number of aryl methyl sites for hydroxylation is 2. The number of nitrogens with one attached hydrogen (secondary N) is 2. The zero-order valence-corrected chi connectivity index (χ0v) is 14.8. The fourth-order valence-corrected chi connectivity index (χ4v) is 4.80. The lowest BCUT2D eigenvalue weighted by atomic mass is 9.80. The van der Waals surface area contributed by atoms with E-state index in [1.54, 1.807) is 0 Å². The summed E-state index contributed by atoms with van der Waals surface area (Å²) in [5.41, 5.74) is 8.67. The van der Waals surface area contributed by atoms with E-state index >= 15 is 0 Å². The van der Waals surface area contributed by atoms with Crippen LogP contribution in [0.15, 0.2) is 42.5 Å². The molecule has 2 N–H and O–H groups in total. The highest BCUT2D eigenvalue weighted by atomic mass is 16.2. The zero-order valence-electron chi connectivity index (χ0n) is 14.8. The Bertz CT molecular complexity index is 1340. The molecule has 1 aliphatic carbocycles. The van der Waals surface area contributed by atoms with Crippen LogP contribution in [-0.4, -0.2) is 16.8 Å². The molecule has 0 fully saturated rings. The number of amides is 2. The molecule has 27 heavy (non-hydrogen) atoms. The first-order valence-electron chi connectivity index (χ1n) is 9.18. The molecule has 0 bridgehead atoms. The van der Waals surface area contributed by atoms with Crippen LogP contribution in [0.3, 0.4) is 0 Å². The smallest absolute Gasteiger partial charge is 0.259 e. The first-order chi connectivity index (χ1) is 13.1. The van der Waals surface area contributed by atoms with Gasteiger partial charge < -0.3 is 4.98 Å². The standard InChI is InChI=1S/C23H16N2O2/c1-11-6-9-16-15(10-11)18-20-19(22(26)25-23(20)27)14-8-7-12-4-2-3-5-13(12)17(14)21(18)24-16/h2-6,9-10,24H,7-8H2,1H3,(H,25,26,27). The van der Waals surface area contributed by atoms with Gasteiger partial charge in [0.1, 0.15) is 0 Å². The fraction of sp³-hybridized carbons (Fsp3) is 0.130. The minimum atomic E-state index is -0.288. The number of aromatic amines is 1. The van der Waals surface area contributed by atoms with E-state index in [2.05, 4.69) is 40.6 Å². The van der Waals surface area contributed by atoms with Crippen LogP contribution in [0.25, 0.3) is 32.9 Å². The molecule has 1 aliphatic heterocycles. The number of benzene rings is 3. The van der Waals surface area contributed by atoms with Gasteiger partial charge in [0, 0.05) is 21.9 Å². The Morgan fingerprint density at radius 3 is 2.59 bits per heavy atom. The van der Waals surface area contributed by atoms with E-state index < -0.39 is 0 Å². The maximum atomic E-state index is 12.7. The minimum Gasteiger partial charge on any atom is -0.354 e. The number of imide groups is 1. The molecule has 3 aromatic carbocycles. The summed E-state index contributed by atoms with van der Waals surface area (Å²) >= 11 is 0. The van der Waals surface area contributed by atoms with E-state index in [0.717, 1.165) is 56.9 Å². The maximum Gasteiger partial charge on any atom is 0.259 e. The highest BCUT2D eigenvalue weighted by Gasteiger charge is 2.37. The molecule has 4 heteroatoms. The Morgan fingerprint density at radius 1 is 0.889 bits per heavy atom. The second kappa shape index (κ2) is 4.86. The van der Waals surface area contributed by atoms with Crippen molar-refractivity contribution >= 4 is 33.6 Å². The van der Waals surface area contributed by atoms with Gasteiger partial charge in [0.05, 0.1) is 16.6 Å². The van der Waals surface area contributed by atoms with Gasteiger partial charge in [-0.2, -0.15) is 0 Å². The zero-order chi connectivity index (χ0) is 18.3. The van der Waals surface area contributed by atoms with Crippen LogP contribution in [-0.2, 0) is 12.8 Å². The fourth-order valence-electron chi connectivity index (χ4n) is 4.80. The van der Waals surface area contributed by atoms with Crippen molar-refractivity contribution in [2.45, 2.75) is 19.8 Å². The molecule has 1 aromatic heterocycles. The molecule has 0 saturated carbocycles. The molecule has 4 nitrogen and oxygen atoms in total. The molecule has 6 rings (SSSR count). The van der Waals surface area contributed by atoms with Crippen LogP contribution >= 0.6 is 0 Å². The molecule has 0 atom stereocenters. The summed E-state index contributed by atoms with van der Waals surface area (Å²) in [6, 6.07) is 14.5. The predicted molar refractivity (Wildman–Crippen MR) is 105 cm³/mol. The van der Waals surface area contributed by atoms with Gasteiger partial charge in [-0.15, -0.1) is 0 Å². The highest BCUT2D eigenvalue weighted by molar-refractivity contribution is 6.32. The number of rotatable bonds is 0. The third kappa shape index (κ3) is 1.77. The van der Waals surface area contributed by atoms with Gasteiger partial charge in [-0.25, -0.2) is 0 Å². The number of aromatic nitrogens is 1. The summed E-state index contributed by atoms with van der Waals surface area (Å²) in [5.74, 6) is -0.557. The van der Waals surface area contributed by atoms with E-state index in [-0.39, 0.29) is 11.8 Å². The minimum absolute atomic E-state index is 0.269. The van der Waals surface area contributed by atoms with E-state index in [0.29, 0.717) is 11.1 Å². The van der Waals surface area contributed by atoms with Crippen LogP contribution < -0.4 is 5.32 Å². The van der Waals surface area contributed by atoms with Crippen LogP contribution in [0.1, 0.15) is 37.4 Å². The van der Waals surface area contributed by atoms with Crippen molar-refractivity contribution in [3.63, 3.8) is 0 Å². The number of fused-ring (bicyclic) bond motifs is 10. The lowest BCUT2D eigenvalue weighted by molar-refractivity contribution is 0.0880. The van der Waals surface area contributed by atoms with Gasteiger partial charge >= 0.3 is 0 Å². The van der Waals surface area contributed by atoms with Gasteiger partial charge in [-0.05, 0) is 48.6 Å². The number of hydrogen-bond acceptors (Lipinski definition) is 2. The Labute approximate surface area is 155 Å². The second-order valence-corrected chi connectivity index (χ2v) is 7.47. The van der Waals surface area contributed by atoms with Gasteiger partial charge in [-0.3, -0.25) is 14.9 Å². The van der Waals surface area contributed by atoms with Crippen molar-refractivity contribution in [1.82, 2.24) is 10.3 Å². The molecule has 0 unspecified atom stereocenters. The van der Waals surface area contributed by atoms with Gasteiger partial charge in [0.15, 0.2) is 0 Å². The summed E-state index contributed by atoms with van der Waals surface area (Å²) in [6.45, 7) is 2.04. The maximum absolute atomic E-state index is 12.7. The molecular formula is C23H16N2O2. The number of H-pyrrole nitrogens is 1. The van der Waals surface area contributed by atoms with Gasteiger partial charge in [-0.1, -0.05) is 35.9 Å². The predicted octanol–water partition coefficient (Wildman–Crippen LogP) is 4.28. The van der Waals surface area contributed by atoms with Crippen molar-refractivity contribution < 1.29 is 9.59 Å². The topological polar surface area (TPSA) is 62.0 Å². The molecule has 4 aromatic rings. The summed E-state index contributed by atoms with van der Waals surface area (Å²) in [5, 5.41) is 4.39. The molecular weight excluding hydrogens is 336 g/mol. The molecule has 130 valence electrons. The number of carbonyl (C=O) groups excluding carboxylic acids is 2. The van der Waals surface area contributed by atoms with Crippen LogP contribution in [0, 0.1) is 6.92 Å². The van der Waals surface area contributed by atoms with Crippen molar-refractivity contribution in [2.75, 3.05) is 0 Å².